The van der Waals surface area contributed by atoms with Gasteiger partial charge >= 0.3 is 0 Å². The maximum atomic E-state index is 14.5. The van der Waals surface area contributed by atoms with Gasteiger partial charge in [-0.3, -0.25) is 9.59 Å². The van der Waals surface area contributed by atoms with Gasteiger partial charge in [0.15, 0.2) is 0 Å². The lowest BCUT2D eigenvalue weighted by Crippen LogP contribution is -2.50. The zero-order valence-corrected chi connectivity index (χ0v) is 23.0. The molecule has 41 heavy (non-hydrogen) atoms. The van der Waals surface area contributed by atoms with Gasteiger partial charge < -0.3 is 25.8 Å². The SMILES string of the molecule is C#CCC1C2C(=O)NCCCCOc3cc(F)cc(c3)C[C@@H]([C@H](O)CNC3(c4cccc(C#C)c4)CC3)NC(=O)C12. The fraction of sp³-hybridized carbons (Fsp3) is 0.455. The van der Waals surface area contributed by atoms with Crippen LogP contribution in [0.15, 0.2) is 42.5 Å². The number of terminal acetylenes is 2. The Morgan fingerprint density at radius 3 is 2.68 bits per heavy atom. The molecule has 2 fully saturated rings. The van der Waals surface area contributed by atoms with Crippen molar-refractivity contribution in [2.45, 2.75) is 56.2 Å². The first-order valence-corrected chi connectivity index (χ1v) is 14.3. The van der Waals surface area contributed by atoms with E-state index < -0.39 is 29.8 Å². The number of aliphatic hydroxyl groups excluding tert-OH is 1. The van der Waals surface area contributed by atoms with Crippen LogP contribution in [0, 0.1) is 48.3 Å². The predicted octanol–water partition coefficient (Wildman–Crippen LogP) is 2.65. The number of ether oxygens (including phenoxy) is 1. The zero-order valence-electron chi connectivity index (χ0n) is 23.0. The van der Waals surface area contributed by atoms with Gasteiger partial charge in [0.1, 0.15) is 11.6 Å². The molecule has 5 rings (SSSR count). The van der Waals surface area contributed by atoms with Crippen LogP contribution in [0.2, 0.25) is 0 Å². The fourth-order valence-electron chi connectivity index (χ4n) is 5.90. The predicted molar refractivity (Wildman–Crippen MR) is 153 cm³/mol. The number of aliphatic hydroxyl groups is 1. The largest absolute Gasteiger partial charge is 0.493 e. The van der Waals surface area contributed by atoms with Gasteiger partial charge in [0.05, 0.1) is 30.6 Å². The van der Waals surface area contributed by atoms with Crippen LogP contribution in [-0.2, 0) is 21.5 Å². The number of amides is 2. The molecule has 214 valence electrons. The summed E-state index contributed by atoms with van der Waals surface area (Å²) in [6.45, 7) is 1.01. The Bertz CT molecular complexity index is 1380. The molecule has 3 aliphatic rings. The number of carbonyl (C=O) groups is 2. The molecule has 2 aromatic carbocycles. The van der Waals surface area contributed by atoms with E-state index in [0.717, 1.165) is 24.0 Å². The van der Waals surface area contributed by atoms with Gasteiger partial charge in [-0.1, -0.05) is 18.1 Å². The molecule has 3 unspecified atom stereocenters. The molecule has 8 heteroatoms. The van der Waals surface area contributed by atoms with Crippen LogP contribution in [0.25, 0.3) is 0 Å². The average Bonchev–Trinajstić information content (AvgIpc) is 3.88. The molecule has 0 saturated heterocycles. The van der Waals surface area contributed by atoms with Crippen LogP contribution in [0.5, 0.6) is 5.75 Å². The second kappa shape index (κ2) is 12.3. The molecular formula is C33H36FN3O4. The van der Waals surface area contributed by atoms with Gasteiger partial charge in [-0.15, -0.1) is 18.8 Å². The molecule has 1 aliphatic heterocycles. The van der Waals surface area contributed by atoms with Crippen LogP contribution >= 0.6 is 0 Å². The summed E-state index contributed by atoms with van der Waals surface area (Å²) in [7, 11) is 0. The topological polar surface area (TPSA) is 99.7 Å². The third-order valence-corrected chi connectivity index (χ3v) is 8.43. The molecule has 2 amide bonds. The number of hydrogen-bond acceptors (Lipinski definition) is 5. The lowest BCUT2D eigenvalue weighted by molar-refractivity contribution is -0.128. The molecule has 0 spiro atoms. The quantitative estimate of drug-likeness (QED) is 0.410. The van der Waals surface area contributed by atoms with E-state index in [9.17, 15) is 19.1 Å². The van der Waals surface area contributed by atoms with Crippen LogP contribution in [0.4, 0.5) is 4.39 Å². The third-order valence-electron chi connectivity index (χ3n) is 8.43. The van der Waals surface area contributed by atoms with Gasteiger partial charge in [-0.2, -0.15) is 0 Å². The van der Waals surface area contributed by atoms with Crippen molar-refractivity contribution in [2.75, 3.05) is 19.7 Å². The molecule has 5 atom stereocenters. The van der Waals surface area contributed by atoms with Crippen molar-refractivity contribution in [1.29, 1.82) is 0 Å². The van der Waals surface area contributed by atoms with Crippen molar-refractivity contribution in [2.24, 2.45) is 17.8 Å². The second-order valence-electron chi connectivity index (χ2n) is 11.3. The van der Waals surface area contributed by atoms with E-state index in [0.29, 0.717) is 43.7 Å². The molecular weight excluding hydrogens is 521 g/mol. The molecule has 2 aliphatic carbocycles. The van der Waals surface area contributed by atoms with E-state index in [-0.39, 0.29) is 36.2 Å². The molecule has 0 aromatic heterocycles. The highest BCUT2D eigenvalue weighted by molar-refractivity contribution is 5.93. The van der Waals surface area contributed by atoms with E-state index in [2.05, 4.69) is 27.8 Å². The zero-order chi connectivity index (χ0) is 29.0. The van der Waals surface area contributed by atoms with Crippen LogP contribution in [0.1, 0.15) is 48.8 Å². The number of hydrogen-bond donors (Lipinski definition) is 4. The molecule has 7 nitrogen and oxygen atoms in total. The minimum absolute atomic E-state index is 0.172. The summed E-state index contributed by atoms with van der Waals surface area (Å²) >= 11 is 0. The number of fused-ring (bicyclic) bond motifs is 3. The second-order valence-corrected chi connectivity index (χ2v) is 11.3. The summed E-state index contributed by atoms with van der Waals surface area (Å²) in [5, 5.41) is 20.8. The normalized spacial score (nSPS) is 26.1. The van der Waals surface area contributed by atoms with Gasteiger partial charge in [-0.05, 0) is 73.4 Å². The van der Waals surface area contributed by atoms with E-state index >= 15 is 0 Å². The Morgan fingerprint density at radius 1 is 1.12 bits per heavy atom. The number of rotatable bonds is 6. The van der Waals surface area contributed by atoms with Crippen molar-refractivity contribution < 1.29 is 23.8 Å². The van der Waals surface area contributed by atoms with Gasteiger partial charge in [-0.25, -0.2) is 4.39 Å². The Hall–Kier alpha value is -3.85. The first-order valence-electron chi connectivity index (χ1n) is 14.3. The fourth-order valence-corrected chi connectivity index (χ4v) is 5.90. The lowest BCUT2D eigenvalue weighted by atomic mass is 9.98. The van der Waals surface area contributed by atoms with Crippen molar-refractivity contribution in [3.05, 3.63) is 65.0 Å². The van der Waals surface area contributed by atoms with Crippen LogP contribution in [0.3, 0.4) is 0 Å². The number of benzene rings is 2. The molecule has 2 bridgehead atoms. The van der Waals surface area contributed by atoms with E-state index in [4.69, 9.17) is 17.6 Å². The summed E-state index contributed by atoms with van der Waals surface area (Å²) < 4.78 is 20.3. The van der Waals surface area contributed by atoms with Gasteiger partial charge in [0.2, 0.25) is 11.8 Å². The maximum Gasteiger partial charge on any atom is 0.224 e. The molecule has 2 saturated carbocycles. The summed E-state index contributed by atoms with van der Waals surface area (Å²) in [5.74, 6) is 3.32. The van der Waals surface area contributed by atoms with Crippen molar-refractivity contribution in [3.8, 4) is 30.4 Å². The Morgan fingerprint density at radius 2 is 1.93 bits per heavy atom. The third kappa shape index (κ3) is 6.73. The van der Waals surface area contributed by atoms with Crippen molar-refractivity contribution >= 4 is 11.8 Å². The maximum absolute atomic E-state index is 14.5. The standard InChI is InChI=1S/C33H36FN3O4/c1-3-8-26-29-30(26)32(40)37-27(28(38)20-36-33(11-12-33)23-10-7-9-21(4-2)15-23)18-22-16-24(34)19-25(17-22)41-14-6-5-13-35-31(29)39/h1-2,7,9-10,15-17,19,26-30,36,38H,5-6,8,11-14,18,20H2,(H,35,39)(H,37,40)/t26?,27-,28+,29?,30?/m0/s1. The summed E-state index contributed by atoms with van der Waals surface area (Å²) in [6, 6.07) is 11.5. The minimum atomic E-state index is -1.00. The molecule has 1 heterocycles. The Balaban J connectivity index is 1.36. The number of carbonyl (C=O) groups excluding carboxylic acids is 2. The molecule has 2 aromatic rings. The highest BCUT2D eigenvalue weighted by Crippen LogP contribution is 2.49. The first-order chi connectivity index (χ1) is 19.8. The Labute approximate surface area is 240 Å². The van der Waals surface area contributed by atoms with E-state index in [1.54, 1.807) is 6.07 Å². The smallest absolute Gasteiger partial charge is 0.224 e. The molecule has 0 radical (unpaired) electrons. The average molecular weight is 558 g/mol. The first kappa shape index (κ1) is 28.7. The highest BCUT2D eigenvalue weighted by Gasteiger charge is 2.58. The highest BCUT2D eigenvalue weighted by atomic mass is 19.1. The van der Waals surface area contributed by atoms with Crippen molar-refractivity contribution in [3.63, 3.8) is 0 Å². The Kier molecular flexibility index (Phi) is 8.63. The van der Waals surface area contributed by atoms with Crippen LogP contribution in [-0.4, -0.2) is 48.8 Å². The van der Waals surface area contributed by atoms with Crippen LogP contribution < -0.4 is 20.7 Å². The van der Waals surface area contributed by atoms with E-state index in [1.807, 2.05) is 24.3 Å². The van der Waals surface area contributed by atoms with Gasteiger partial charge in [0, 0.05) is 36.7 Å². The van der Waals surface area contributed by atoms with Crippen molar-refractivity contribution in [1.82, 2.24) is 16.0 Å². The number of halogens is 1. The van der Waals surface area contributed by atoms with Gasteiger partial charge in [0.25, 0.3) is 0 Å². The summed E-state index contributed by atoms with van der Waals surface area (Å²) in [4.78, 5) is 26.3. The summed E-state index contributed by atoms with van der Waals surface area (Å²) in [6.07, 6.45) is 13.7. The van der Waals surface area contributed by atoms with E-state index in [1.165, 1.54) is 12.1 Å². The minimum Gasteiger partial charge on any atom is -0.493 e. The molecule has 4 N–H and O–H groups in total. The monoisotopic (exact) mass is 557 g/mol. The summed E-state index contributed by atoms with van der Waals surface area (Å²) in [5.41, 5.74) is 2.13. The lowest BCUT2D eigenvalue weighted by Gasteiger charge is -2.28. The number of nitrogens with one attached hydrogen (secondary N) is 3.